The van der Waals surface area contributed by atoms with Gasteiger partial charge in [0.1, 0.15) is 17.8 Å². The zero-order chi connectivity index (χ0) is 23.6. The Kier molecular flexibility index (Phi) is 6.71. The fourth-order valence-corrected chi connectivity index (χ4v) is 5.58. The molecule has 10 heteroatoms. The van der Waals surface area contributed by atoms with Gasteiger partial charge in [-0.15, -0.1) is 0 Å². The number of carbonyl (C=O) groups excluding carboxylic acids is 3. The highest BCUT2D eigenvalue weighted by molar-refractivity contribution is 7.92. The van der Waals surface area contributed by atoms with Crippen LogP contribution in [0.2, 0.25) is 5.02 Å². The first-order valence-corrected chi connectivity index (χ1v) is 12.7. The maximum Gasteiger partial charge on any atom is 0.246 e. The molecule has 3 amide bonds. The average Bonchev–Trinajstić information content (AvgIpc) is 2.79. The number of carbonyl (C=O) groups is 3. The van der Waals surface area contributed by atoms with E-state index in [-0.39, 0.29) is 23.1 Å². The SMILES string of the molecule is O=C(CS(=O)(=O)c1ccccc1)N[C@@H]1CCN2C(=O)[C@@H](Cc3ccc(Cl)cc3)NC(=O)[C@@H]2C1. The molecule has 0 bridgehead atoms. The van der Waals surface area contributed by atoms with Gasteiger partial charge in [-0.1, -0.05) is 41.9 Å². The molecule has 0 saturated carbocycles. The smallest absolute Gasteiger partial charge is 0.246 e. The molecule has 2 aromatic rings. The van der Waals surface area contributed by atoms with E-state index in [2.05, 4.69) is 10.6 Å². The van der Waals surface area contributed by atoms with Crippen LogP contribution in [0, 0.1) is 0 Å². The first kappa shape index (κ1) is 23.3. The van der Waals surface area contributed by atoms with Crippen molar-refractivity contribution in [1.82, 2.24) is 15.5 Å². The summed E-state index contributed by atoms with van der Waals surface area (Å²) < 4.78 is 24.9. The van der Waals surface area contributed by atoms with Gasteiger partial charge in [0, 0.05) is 24.0 Å². The van der Waals surface area contributed by atoms with Crippen LogP contribution in [0.4, 0.5) is 0 Å². The van der Waals surface area contributed by atoms with Crippen molar-refractivity contribution < 1.29 is 22.8 Å². The molecule has 0 radical (unpaired) electrons. The van der Waals surface area contributed by atoms with Crippen molar-refractivity contribution in [3.8, 4) is 0 Å². The number of nitrogens with one attached hydrogen (secondary N) is 2. The van der Waals surface area contributed by atoms with Crippen molar-refractivity contribution in [1.29, 1.82) is 0 Å². The predicted molar refractivity (Wildman–Crippen MR) is 122 cm³/mol. The molecule has 2 aromatic carbocycles. The van der Waals surface area contributed by atoms with Gasteiger partial charge in [-0.2, -0.15) is 0 Å². The lowest BCUT2D eigenvalue weighted by atomic mass is 9.91. The molecule has 0 unspecified atom stereocenters. The van der Waals surface area contributed by atoms with E-state index >= 15 is 0 Å². The van der Waals surface area contributed by atoms with Crippen LogP contribution in [0.3, 0.4) is 0 Å². The van der Waals surface area contributed by atoms with Gasteiger partial charge in [-0.05, 0) is 42.7 Å². The monoisotopic (exact) mass is 489 g/mol. The molecular formula is C23H24ClN3O5S. The summed E-state index contributed by atoms with van der Waals surface area (Å²) in [6.07, 6.45) is 1.05. The molecule has 2 N–H and O–H groups in total. The predicted octanol–water partition coefficient (Wildman–Crippen LogP) is 1.33. The lowest BCUT2D eigenvalue weighted by Gasteiger charge is -2.44. The van der Waals surface area contributed by atoms with Gasteiger partial charge in [0.05, 0.1) is 4.90 Å². The average molecular weight is 490 g/mol. The molecule has 2 saturated heterocycles. The molecule has 174 valence electrons. The van der Waals surface area contributed by atoms with Crippen molar-refractivity contribution in [2.45, 2.75) is 42.3 Å². The van der Waals surface area contributed by atoms with E-state index in [4.69, 9.17) is 11.6 Å². The Bertz CT molecular complexity index is 1150. The minimum absolute atomic E-state index is 0.0824. The molecule has 0 aliphatic carbocycles. The van der Waals surface area contributed by atoms with E-state index in [1.807, 2.05) is 12.1 Å². The van der Waals surface area contributed by atoms with E-state index in [1.165, 1.54) is 12.1 Å². The number of halogens is 1. The van der Waals surface area contributed by atoms with Crippen molar-refractivity contribution >= 4 is 39.2 Å². The lowest BCUT2D eigenvalue weighted by Crippen LogP contribution is -2.67. The Labute approximate surface area is 197 Å². The van der Waals surface area contributed by atoms with Gasteiger partial charge >= 0.3 is 0 Å². The van der Waals surface area contributed by atoms with Crippen LogP contribution in [-0.4, -0.2) is 61.5 Å². The molecule has 2 aliphatic heterocycles. The summed E-state index contributed by atoms with van der Waals surface area (Å²) in [6, 6.07) is 13.2. The minimum atomic E-state index is -3.76. The highest BCUT2D eigenvalue weighted by Gasteiger charge is 2.44. The van der Waals surface area contributed by atoms with E-state index < -0.39 is 39.6 Å². The van der Waals surface area contributed by atoms with Crippen molar-refractivity contribution in [2.24, 2.45) is 0 Å². The molecule has 33 heavy (non-hydrogen) atoms. The van der Waals surface area contributed by atoms with Crippen molar-refractivity contribution in [2.75, 3.05) is 12.3 Å². The maximum atomic E-state index is 13.0. The normalized spacial score (nSPS) is 22.9. The third kappa shape index (κ3) is 5.36. The molecule has 4 rings (SSSR count). The standard InChI is InChI=1S/C23H24ClN3O5S/c24-16-8-6-15(7-9-16)12-19-23(30)27-11-10-17(13-20(27)22(29)26-19)25-21(28)14-33(31,32)18-4-2-1-3-5-18/h1-9,17,19-20H,10-14H2,(H,25,28)(H,26,29)/t17-,19-,20+/m1/s1. The van der Waals surface area contributed by atoms with E-state index in [0.29, 0.717) is 24.4 Å². The Hall–Kier alpha value is -2.91. The summed E-state index contributed by atoms with van der Waals surface area (Å²) in [7, 11) is -3.76. The number of benzene rings is 2. The summed E-state index contributed by atoms with van der Waals surface area (Å²) in [5, 5.41) is 6.11. The Morgan fingerprint density at radius 1 is 1.09 bits per heavy atom. The fraction of sp³-hybridized carbons (Fsp3) is 0.348. The highest BCUT2D eigenvalue weighted by Crippen LogP contribution is 2.24. The van der Waals surface area contributed by atoms with Crippen LogP contribution in [-0.2, 0) is 30.6 Å². The van der Waals surface area contributed by atoms with Crippen LogP contribution < -0.4 is 10.6 Å². The van der Waals surface area contributed by atoms with Crippen LogP contribution in [0.5, 0.6) is 0 Å². The van der Waals surface area contributed by atoms with E-state index in [0.717, 1.165) is 5.56 Å². The summed E-state index contributed by atoms with van der Waals surface area (Å²) in [5.74, 6) is -1.73. The van der Waals surface area contributed by atoms with Gasteiger partial charge < -0.3 is 15.5 Å². The summed E-state index contributed by atoms with van der Waals surface area (Å²) in [4.78, 5) is 39.8. The molecule has 2 heterocycles. The summed E-state index contributed by atoms with van der Waals surface area (Å²) >= 11 is 5.91. The molecule has 2 aliphatic rings. The second-order valence-electron chi connectivity index (χ2n) is 8.30. The highest BCUT2D eigenvalue weighted by atomic mass is 35.5. The number of amides is 3. The molecule has 3 atom stereocenters. The van der Waals surface area contributed by atoms with Gasteiger partial charge in [-0.25, -0.2) is 8.42 Å². The Balaban J connectivity index is 1.35. The first-order valence-electron chi connectivity index (χ1n) is 10.7. The number of piperidine rings is 1. The summed E-state index contributed by atoms with van der Waals surface area (Å²) in [5.41, 5.74) is 0.887. The van der Waals surface area contributed by atoms with Gasteiger partial charge in [-0.3, -0.25) is 14.4 Å². The molecule has 8 nitrogen and oxygen atoms in total. The topological polar surface area (TPSA) is 113 Å². The lowest BCUT2D eigenvalue weighted by molar-refractivity contribution is -0.151. The number of fused-ring (bicyclic) bond motifs is 1. The molecular weight excluding hydrogens is 466 g/mol. The minimum Gasteiger partial charge on any atom is -0.352 e. The van der Waals surface area contributed by atoms with Gasteiger partial charge in [0.2, 0.25) is 17.7 Å². The largest absolute Gasteiger partial charge is 0.352 e. The van der Waals surface area contributed by atoms with E-state index in [1.54, 1.807) is 35.2 Å². The number of nitrogens with zero attached hydrogens (tertiary/aromatic N) is 1. The second kappa shape index (κ2) is 9.52. The molecule has 2 fully saturated rings. The van der Waals surface area contributed by atoms with Crippen LogP contribution in [0.15, 0.2) is 59.5 Å². The first-order chi connectivity index (χ1) is 15.7. The zero-order valence-corrected chi connectivity index (χ0v) is 19.3. The number of hydrogen-bond donors (Lipinski definition) is 2. The van der Waals surface area contributed by atoms with Gasteiger partial charge in [0.25, 0.3) is 0 Å². The van der Waals surface area contributed by atoms with E-state index in [9.17, 15) is 22.8 Å². The maximum absolute atomic E-state index is 13.0. The van der Waals surface area contributed by atoms with Crippen LogP contribution >= 0.6 is 11.6 Å². The number of rotatable bonds is 6. The van der Waals surface area contributed by atoms with Crippen molar-refractivity contribution in [3.05, 3.63) is 65.2 Å². The number of piperazine rings is 1. The number of hydrogen-bond acceptors (Lipinski definition) is 5. The Morgan fingerprint density at radius 3 is 2.48 bits per heavy atom. The van der Waals surface area contributed by atoms with Crippen LogP contribution in [0.25, 0.3) is 0 Å². The summed E-state index contributed by atoms with van der Waals surface area (Å²) in [6.45, 7) is 0.310. The second-order valence-corrected chi connectivity index (χ2v) is 10.7. The third-order valence-corrected chi connectivity index (χ3v) is 7.83. The number of sulfone groups is 1. The molecule has 0 aromatic heterocycles. The van der Waals surface area contributed by atoms with Crippen molar-refractivity contribution in [3.63, 3.8) is 0 Å². The Morgan fingerprint density at radius 2 is 1.79 bits per heavy atom. The van der Waals surface area contributed by atoms with Crippen LogP contribution in [0.1, 0.15) is 18.4 Å². The zero-order valence-electron chi connectivity index (χ0n) is 17.7. The fourth-order valence-electron chi connectivity index (χ4n) is 4.29. The van der Waals surface area contributed by atoms with Gasteiger partial charge in [0.15, 0.2) is 9.84 Å². The molecule has 0 spiro atoms. The third-order valence-electron chi connectivity index (χ3n) is 5.94. The quantitative estimate of drug-likeness (QED) is 0.635.